The average Bonchev–Trinajstić information content (AvgIpc) is 3.41. The molecule has 4 saturated heterocycles. The first-order chi connectivity index (χ1) is 36.3. The summed E-state index contributed by atoms with van der Waals surface area (Å²) in [6.07, 6.45) is -6.89. The van der Waals surface area contributed by atoms with E-state index in [1.54, 1.807) is 6.92 Å². The topological polar surface area (TPSA) is 294 Å². The van der Waals surface area contributed by atoms with Crippen LogP contribution in [0.5, 0.6) is 0 Å². The Balaban J connectivity index is 1.06. The third-order valence-electron chi connectivity index (χ3n) is 16.4. The van der Waals surface area contributed by atoms with Crippen molar-refractivity contribution in [3.63, 3.8) is 0 Å². The second kappa shape index (κ2) is 30.4. The van der Waals surface area contributed by atoms with Crippen LogP contribution >= 0.6 is 0 Å². The number of rotatable bonds is 18. The van der Waals surface area contributed by atoms with Gasteiger partial charge in [-0.25, -0.2) is 4.79 Å². The van der Waals surface area contributed by atoms with Gasteiger partial charge in [0.05, 0.1) is 24.9 Å². The number of aliphatic hydroxyl groups is 5. The van der Waals surface area contributed by atoms with E-state index in [9.17, 15) is 45.0 Å². The Hall–Kier alpha value is -2.97. The second-order valence-corrected chi connectivity index (χ2v) is 22.1. The molecule has 15 atom stereocenters. The van der Waals surface area contributed by atoms with Crippen LogP contribution in [0.4, 0.5) is 0 Å². The minimum absolute atomic E-state index is 0.0600. The number of amides is 2. The number of carboxylic acids is 1. The standard InChI is InChI=1S/C54H91N7O14/c1-33-28-39(50(67)59-22-14-35-10-12-37(13-11-35)31-61-26-7-19-56-24-23-55-17-6-18-57-25-27-61)30-40(48(33)75-54-47(66)46(65)44(63)34(2)71-54)73-53-43(60-51(68)38-15-20-58-21-16-38)49(45(64)42(32-62)74-53)72-41(52(69)70)29-36-8-4-3-5-9-36/h10-13,33-34,36,38-49,53-58,62-66H,3-9,14-32H2,1-2H3,(H,59,67)(H,60,68)(H,69,70)/t33?,34?,39?,40?,41-,42?,43?,44?,45?,46?,47?,48?,49?,53?,54?/m0/s1. The van der Waals surface area contributed by atoms with E-state index in [1.165, 1.54) is 5.56 Å². The zero-order valence-electron chi connectivity index (χ0n) is 44.4. The fourth-order valence-corrected chi connectivity index (χ4v) is 11.8. The molecule has 21 heteroatoms. The largest absolute Gasteiger partial charge is 0.479 e. The van der Waals surface area contributed by atoms with Crippen molar-refractivity contribution in [3.05, 3.63) is 35.4 Å². The monoisotopic (exact) mass is 1060 g/mol. The molecule has 1 aromatic rings. The van der Waals surface area contributed by atoms with Crippen LogP contribution in [-0.2, 0) is 51.0 Å². The van der Waals surface area contributed by atoms with Crippen LogP contribution in [0.3, 0.4) is 0 Å². The lowest BCUT2D eigenvalue weighted by molar-refractivity contribution is -0.338. The molecule has 6 aliphatic rings. The molecule has 4 aliphatic heterocycles. The van der Waals surface area contributed by atoms with Crippen LogP contribution in [0.15, 0.2) is 24.3 Å². The number of nitrogens with one attached hydrogen (secondary N) is 6. The Morgan fingerprint density at radius 3 is 2.08 bits per heavy atom. The molecular weight excluding hydrogens is 971 g/mol. The van der Waals surface area contributed by atoms with Gasteiger partial charge >= 0.3 is 5.97 Å². The van der Waals surface area contributed by atoms with Crippen molar-refractivity contribution < 1.29 is 68.7 Å². The minimum Gasteiger partial charge on any atom is -0.479 e. The number of piperidine rings is 1. The molecule has 6 fully saturated rings. The van der Waals surface area contributed by atoms with Crippen LogP contribution in [0.1, 0.15) is 102 Å². The van der Waals surface area contributed by atoms with Gasteiger partial charge in [-0.05, 0) is 121 Å². The van der Waals surface area contributed by atoms with Crippen molar-refractivity contribution in [2.75, 3.05) is 78.6 Å². The normalized spacial score (nSPS) is 35.2. The molecule has 21 nitrogen and oxygen atoms in total. The highest BCUT2D eigenvalue weighted by Crippen LogP contribution is 2.39. The van der Waals surface area contributed by atoms with Crippen LogP contribution in [0.25, 0.3) is 0 Å². The molecule has 7 rings (SSSR count). The van der Waals surface area contributed by atoms with Crippen molar-refractivity contribution >= 4 is 17.8 Å². The molecule has 2 aliphatic carbocycles. The maximum absolute atomic E-state index is 14.2. The summed E-state index contributed by atoms with van der Waals surface area (Å²) in [4.78, 5) is 43.8. The molecule has 0 aromatic heterocycles. The van der Waals surface area contributed by atoms with E-state index in [2.05, 4.69) is 61.1 Å². The molecular formula is C54H91N7O14. The summed E-state index contributed by atoms with van der Waals surface area (Å²) in [7, 11) is 0. The zero-order valence-corrected chi connectivity index (χ0v) is 44.4. The molecule has 2 saturated carbocycles. The summed E-state index contributed by atoms with van der Waals surface area (Å²) >= 11 is 0. The zero-order chi connectivity index (χ0) is 53.3. The minimum atomic E-state index is -1.64. The number of benzene rings is 1. The van der Waals surface area contributed by atoms with Gasteiger partial charge in [0.25, 0.3) is 0 Å². The van der Waals surface area contributed by atoms with Crippen molar-refractivity contribution in [2.45, 2.75) is 184 Å². The smallest absolute Gasteiger partial charge is 0.332 e. The van der Waals surface area contributed by atoms with E-state index in [0.29, 0.717) is 45.3 Å². The Kier molecular flexibility index (Phi) is 24.2. The fourth-order valence-electron chi connectivity index (χ4n) is 11.8. The molecule has 2 amide bonds. The lowest BCUT2D eigenvalue weighted by atomic mass is 9.77. The maximum atomic E-state index is 14.2. The summed E-state index contributed by atoms with van der Waals surface area (Å²) < 4.78 is 32.0. The highest BCUT2D eigenvalue weighted by Gasteiger charge is 2.53. The van der Waals surface area contributed by atoms with Gasteiger partial charge in [0.2, 0.25) is 11.8 Å². The van der Waals surface area contributed by atoms with Crippen LogP contribution in [0, 0.1) is 23.7 Å². The van der Waals surface area contributed by atoms with E-state index in [1.807, 2.05) is 6.92 Å². The molecule has 75 heavy (non-hydrogen) atoms. The number of carbonyl (C=O) groups excluding carboxylic acids is 2. The first kappa shape index (κ1) is 59.7. The van der Waals surface area contributed by atoms with Gasteiger partial charge in [0, 0.05) is 51.1 Å². The highest BCUT2D eigenvalue weighted by molar-refractivity contribution is 5.79. The van der Waals surface area contributed by atoms with Gasteiger partial charge in [-0.15, -0.1) is 0 Å². The average molecular weight is 1060 g/mol. The maximum Gasteiger partial charge on any atom is 0.332 e. The number of ether oxygens (including phenoxy) is 5. The first-order valence-electron chi connectivity index (χ1n) is 28.3. The van der Waals surface area contributed by atoms with Crippen LogP contribution in [0.2, 0.25) is 0 Å². The number of carboxylic acid groups (broad SMARTS) is 1. The second-order valence-electron chi connectivity index (χ2n) is 22.1. The van der Waals surface area contributed by atoms with Crippen molar-refractivity contribution in [1.29, 1.82) is 0 Å². The van der Waals surface area contributed by atoms with Gasteiger partial charge < -0.3 is 86.2 Å². The van der Waals surface area contributed by atoms with Crippen molar-refractivity contribution in [2.24, 2.45) is 23.7 Å². The number of aliphatic carboxylic acids is 1. The summed E-state index contributed by atoms with van der Waals surface area (Å²) in [6.45, 7) is 13.0. The van der Waals surface area contributed by atoms with Crippen LogP contribution < -0.4 is 31.9 Å². The van der Waals surface area contributed by atoms with Crippen molar-refractivity contribution in [1.82, 2.24) is 36.8 Å². The summed E-state index contributed by atoms with van der Waals surface area (Å²) in [5.41, 5.74) is 2.30. The van der Waals surface area contributed by atoms with E-state index in [-0.39, 0.29) is 30.6 Å². The van der Waals surface area contributed by atoms with E-state index in [4.69, 9.17) is 23.7 Å². The lowest BCUT2D eigenvalue weighted by Gasteiger charge is -2.49. The molecule has 12 N–H and O–H groups in total. The van der Waals surface area contributed by atoms with Crippen molar-refractivity contribution in [3.8, 4) is 0 Å². The summed E-state index contributed by atoms with van der Waals surface area (Å²) in [6, 6.07) is 7.24. The van der Waals surface area contributed by atoms with Gasteiger partial charge in [-0.3, -0.25) is 14.5 Å². The van der Waals surface area contributed by atoms with E-state index >= 15 is 0 Å². The Morgan fingerprint density at radius 1 is 0.693 bits per heavy atom. The fraction of sp³-hybridized carbons (Fsp3) is 0.833. The first-order valence-corrected chi connectivity index (χ1v) is 28.3. The number of hydrogen-bond donors (Lipinski definition) is 12. The summed E-state index contributed by atoms with van der Waals surface area (Å²) in [5.74, 6) is -3.18. The Labute approximate surface area is 443 Å². The number of aliphatic hydroxyl groups excluding tert-OH is 5. The number of hydrogen-bond acceptors (Lipinski definition) is 18. The third-order valence-corrected chi connectivity index (χ3v) is 16.4. The predicted molar refractivity (Wildman–Crippen MR) is 277 cm³/mol. The molecule has 14 unspecified atom stereocenters. The van der Waals surface area contributed by atoms with Gasteiger partial charge in [-0.1, -0.05) is 63.3 Å². The Bertz CT molecular complexity index is 1850. The van der Waals surface area contributed by atoms with Gasteiger partial charge in [-0.2, -0.15) is 0 Å². The molecule has 0 bridgehead atoms. The highest BCUT2D eigenvalue weighted by atomic mass is 16.7. The summed E-state index contributed by atoms with van der Waals surface area (Å²) in [5, 5.41) is 85.4. The lowest BCUT2D eigenvalue weighted by Crippen LogP contribution is -2.68. The molecule has 426 valence electrons. The SMILES string of the molecule is CC1CC(C(=O)NCCc2ccc(CN3CCCNCCNCCCNCC3)cc2)CC(OC2OC(CO)C(O)C(O[C@@H](CC3CCCCC3)C(=O)O)C2NC(=O)C2CCNCC2)C1OC1OC(C)C(O)C(O)C1O. The third kappa shape index (κ3) is 17.5. The molecule has 4 heterocycles. The van der Waals surface area contributed by atoms with Crippen LogP contribution in [-0.4, -0.2) is 212 Å². The quantitative estimate of drug-likeness (QED) is 0.0901. The van der Waals surface area contributed by atoms with Gasteiger partial charge in [0.1, 0.15) is 42.7 Å². The number of carbonyl (C=O) groups is 3. The molecule has 1 aromatic carbocycles. The van der Waals surface area contributed by atoms with Gasteiger partial charge in [0.15, 0.2) is 18.7 Å². The van der Waals surface area contributed by atoms with E-state index in [0.717, 1.165) is 109 Å². The number of nitrogens with zero attached hydrogens (tertiary/aromatic N) is 1. The molecule has 0 spiro atoms. The van der Waals surface area contributed by atoms with E-state index < -0.39 is 110 Å². The predicted octanol–water partition coefficient (Wildman–Crippen LogP) is -0.275. The molecule has 0 radical (unpaired) electrons. The Morgan fingerprint density at radius 2 is 1.37 bits per heavy atom.